The van der Waals surface area contributed by atoms with Crippen LogP contribution >= 0.6 is 11.8 Å². The van der Waals surface area contributed by atoms with Crippen LogP contribution in [0.5, 0.6) is 0 Å². The highest BCUT2D eigenvalue weighted by Crippen LogP contribution is 2.17. The zero-order chi connectivity index (χ0) is 5.11. The van der Waals surface area contributed by atoms with Crippen molar-refractivity contribution < 1.29 is 0 Å². The molecule has 1 heterocycles. The van der Waals surface area contributed by atoms with Crippen molar-refractivity contribution in [2.45, 2.75) is 0 Å². The Morgan fingerprint density at radius 1 is 1.71 bits per heavy atom. The highest BCUT2D eigenvalue weighted by atomic mass is 32.2. The summed E-state index contributed by atoms with van der Waals surface area (Å²) in [6.45, 7) is 3.77. The molecule has 0 N–H and O–H groups in total. The first kappa shape index (κ1) is 4.98. The maximum absolute atomic E-state index is 3.77. The molecule has 0 aliphatic carbocycles. The van der Waals surface area contributed by atoms with Crippen LogP contribution in [0.2, 0.25) is 0 Å². The second kappa shape index (κ2) is 2.22. The van der Waals surface area contributed by atoms with E-state index in [4.69, 9.17) is 0 Å². The van der Waals surface area contributed by atoms with Crippen molar-refractivity contribution >= 4 is 11.8 Å². The normalized spacial score (nSPS) is 19.3. The Balaban J connectivity index is 2.57. The second-order valence-electron chi connectivity index (χ2n) is 1.37. The fourth-order valence-corrected chi connectivity index (χ4v) is 1.03. The first-order chi connectivity index (χ1) is 3.39. The lowest BCUT2D eigenvalue weighted by atomic mass is 10.4. The maximum Gasteiger partial charge on any atom is 0.0160 e. The van der Waals surface area contributed by atoms with E-state index in [9.17, 15) is 0 Å². The molecule has 1 radical (unpaired) electrons. The Morgan fingerprint density at radius 2 is 2.57 bits per heavy atom. The van der Waals surface area contributed by atoms with Crippen LogP contribution in [0.1, 0.15) is 0 Å². The van der Waals surface area contributed by atoms with Crippen LogP contribution in [-0.4, -0.2) is 5.75 Å². The number of hydrogen-bond donors (Lipinski definition) is 0. The number of hydrogen-bond acceptors (Lipinski definition) is 1. The van der Waals surface area contributed by atoms with Gasteiger partial charge in [0, 0.05) is 5.75 Å². The van der Waals surface area contributed by atoms with E-state index in [0.717, 1.165) is 5.75 Å². The van der Waals surface area contributed by atoms with Crippen LogP contribution in [0.15, 0.2) is 23.1 Å². The smallest absolute Gasteiger partial charge is 0.0160 e. The van der Waals surface area contributed by atoms with Gasteiger partial charge in [-0.15, -0.1) is 11.8 Å². The Hall–Kier alpha value is -0.170. The van der Waals surface area contributed by atoms with Gasteiger partial charge < -0.3 is 0 Å². The highest BCUT2D eigenvalue weighted by Gasteiger charge is 1.89. The predicted octanol–water partition coefficient (Wildman–Crippen LogP) is 2.01. The molecule has 0 spiro atoms. The zero-order valence-electron chi connectivity index (χ0n) is 4.05. The summed E-state index contributed by atoms with van der Waals surface area (Å²) in [5, 5.41) is 0. The molecule has 0 aromatic heterocycles. The Kier molecular flexibility index (Phi) is 1.58. The van der Waals surface area contributed by atoms with Crippen molar-refractivity contribution in [1.82, 2.24) is 0 Å². The fourth-order valence-electron chi connectivity index (χ4n) is 0.434. The molecule has 1 aliphatic rings. The molecule has 37 valence electrons. The van der Waals surface area contributed by atoms with Gasteiger partial charge in [0.2, 0.25) is 0 Å². The van der Waals surface area contributed by atoms with Gasteiger partial charge in [0.25, 0.3) is 0 Å². The van der Waals surface area contributed by atoms with Crippen molar-refractivity contribution in [3.8, 4) is 0 Å². The molecule has 0 nitrogen and oxygen atoms in total. The third-order valence-corrected chi connectivity index (χ3v) is 1.65. The van der Waals surface area contributed by atoms with Gasteiger partial charge in [0.05, 0.1) is 0 Å². The molecule has 0 unspecified atom stereocenters. The molecule has 0 aromatic rings. The minimum Gasteiger partial charge on any atom is -0.126 e. The summed E-state index contributed by atoms with van der Waals surface area (Å²) < 4.78 is 0. The molecule has 0 saturated heterocycles. The lowest BCUT2D eigenvalue weighted by molar-refractivity contribution is 1.70. The molecule has 0 fully saturated rings. The summed E-state index contributed by atoms with van der Waals surface area (Å²) in [5.41, 5.74) is 0. The standard InChI is InChI=1S/C6H7S/c1-6-4-2-3-5-7-6/h2-4H,1,5H2. The Morgan fingerprint density at radius 3 is 2.86 bits per heavy atom. The van der Waals surface area contributed by atoms with Gasteiger partial charge in [-0.05, 0) is 11.8 Å². The quantitative estimate of drug-likeness (QED) is 0.460. The van der Waals surface area contributed by atoms with Crippen molar-refractivity contribution in [1.29, 1.82) is 0 Å². The van der Waals surface area contributed by atoms with Gasteiger partial charge in [0.15, 0.2) is 0 Å². The van der Waals surface area contributed by atoms with E-state index in [1.807, 2.05) is 12.2 Å². The summed E-state index contributed by atoms with van der Waals surface area (Å²) in [6, 6.07) is 0. The third kappa shape index (κ3) is 1.39. The minimum absolute atomic E-state index is 1.09. The monoisotopic (exact) mass is 111 g/mol. The lowest BCUT2D eigenvalue weighted by Crippen LogP contribution is -1.76. The van der Waals surface area contributed by atoms with Crippen molar-refractivity contribution in [3.63, 3.8) is 0 Å². The summed E-state index contributed by atoms with van der Waals surface area (Å²) >= 11 is 1.78. The Bertz CT molecular complexity index is 111. The first-order valence-corrected chi connectivity index (χ1v) is 3.20. The fraction of sp³-hybridized carbons (Fsp3) is 0.167. The van der Waals surface area contributed by atoms with E-state index in [0.29, 0.717) is 0 Å². The van der Waals surface area contributed by atoms with E-state index in [1.165, 1.54) is 4.91 Å². The lowest BCUT2D eigenvalue weighted by Gasteiger charge is -1.98. The SMILES string of the molecule is [CH2]C1=CC=CCS1. The van der Waals surface area contributed by atoms with Gasteiger partial charge >= 0.3 is 0 Å². The van der Waals surface area contributed by atoms with Crippen LogP contribution in [0.25, 0.3) is 0 Å². The summed E-state index contributed by atoms with van der Waals surface area (Å²) in [6.07, 6.45) is 6.19. The molecule has 1 heteroatoms. The van der Waals surface area contributed by atoms with Crippen LogP contribution in [0.4, 0.5) is 0 Å². The van der Waals surface area contributed by atoms with Crippen LogP contribution in [0.3, 0.4) is 0 Å². The number of rotatable bonds is 0. The van der Waals surface area contributed by atoms with Gasteiger partial charge in [-0.3, -0.25) is 0 Å². The van der Waals surface area contributed by atoms with Gasteiger partial charge in [-0.25, -0.2) is 0 Å². The van der Waals surface area contributed by atoms with Gasteiger partial charge in [-0.2, -0.15) is 0 Å². The second-order valence-corrected chi connectivity index (χ2v) is 2.52. The van der Waals surface area contributed by atoms with E-state index < -0.39 is 0 Å². The predicted molar refractivity (Wildman–Crippen MR) is 35.0 cm³/mol. The number of allylic oxidation sites excluding steroid dienone is 3. The maximum atomic E-state index is 3.77. The van der Waals surface area contributed by atoms with E-state index in [2.05, 4.69) is 13.0 Å². The van der Waals surface area contributed by atoms with E-state index in [1.54, 1.807) is 11.8 Å². The van der Waals surface area contributed by atoms with Crippen LogP contribution < -0.4 is 0 Å². The molecule has 1 aliphatic heterocycles. The molecular weight excluding hydrogens is 104 g/mol. The van der Waals surface area contributed by atoms with Crippen molar-refractivity contribution in [2.75, 3.05) is 5.75 Å². The molecule has 0 bridgehead atoms. The number of thioether (sulfide) groups is 1. The average Bonchev–Trinajstić information content (AvgIpc) is 1.69. The van der Waals surface area contributed by atoms with E-state index >= 15 is 0 Å². The van der Waals surface area contributed by atoms with E-state index in [-0.39, 0.29) is 0 Å². The van der Waals surface area contributed by atoms with Crippen molar-refractivity contribution in [3.05, 3.63) is 30.1 Å². The summed E-state index contributed by atoms with van der Waals surface area (Å²) in [7, 11) is 0. The highest BCUT2D eigenvalue weighted by molar-refractivity contribution is 8.03. The van der Waals surface area contributed by atoms with Gasteiger partial charge in [-0.1, -0.05) is 18.2 Å². The first-order valence-electron chi connectivity index (χ1n) is 2.21. The van der Waals surface area contributed by atoms with Crippen LogP contribution in [0, 0.1) is 6.92 Å². The third-order valence-electron chi connectivity index (χ3n) is 0.783. The molecule has 7 heavy (non-hydrogen) atoms. The largest absolute Gasteiger partial charge is 0.126 e. The topological polar surface area (TPSA) is 0 Å². The minimum atomic E-state index is 1.09. The molecule has 0 aromatic carbocycles. The molecule has 0 amide bonds. The van der Waals surface area contributed by atoms with Crippen LogP contribution in [-0.2, 0) is 0 Å². The molecular formula is C6H7S. The van der Waals surface area contributed by atoms with Crippen molar-refractivity contribution in [2.24, 2.45) is 0 Å². The zero-order valence-corrected chi connectivity index (χ0v) is 4.87. The summed E-state index contributed by atoms with van der Waals surface area (Å²) in [5.74, 6) is 1.09. The Labute approximate surface area is 48.3 Å². The summed E-state index contributed by atoms with van der Waals surface area (Å²) in [4.78, 5) is 1.17. The average molecular weight is 111 g/mol. The molecule has 0 saturated carbocycles. The van der Waals surface area contributed by atoms with Gasteiger partial charge in [0.1, 0.15) is 0 Å². The molecule has 0 atom stereocenters. The molecule has 1 rings (SSSR count).